The molecule has 0 heterocycles. The van der Waals surface area contributed by atoms with Crippen LogP contribution in [0.25, 0.3) is 0 Å². The number of rotatable bonds is 6. The Hall–Kier alpha value is -1.62. The molecule has 0 aliphatic heterocycles. The van der Waals surface area contributed by atoms with Gasteiger partial charge in [-0.2, -0.15) is 0 Å². The molecule has 0 aliphatic carbocycles. The van der Waals surface area contributed by atoms with E-state index in [1.807, 2.05) is 13.8 Å². The molecule has 17 heavy (non-hydrogen) atoms. The summed E-state index contributed by atoms with van der Waals surface area (Å²) in [6, 6.07) is 0.209. The van der Waals surface area contributed by atoms with Crippen LogP contribution in [0.4, 0.5) is 0 Å². The predicted molar refractivity (Wildman–Crippen MR) is 66.6 cm³/mol. The minimum absolute atomic E-state index is 0.0201. The molecule has 0 bridgehead atoms. The Morgan fingerprint density at radius 2 is 1.94 bits per heavy atom. The van der Waals surface area contributed by atoms with Crippen LogP contribution in [0, 0.1) is 0 Å². The van der Waals surface area contributed by atoms with Gasteiger partial charge in [-0.1, -0.05) is 13.2 Å². The van der Waals surface area contributed by atoms with Crippen molar-refractivity contribution in [2.75, 3.05) is 6.61 Å². The Bertz CT molecular complexity index is 272. The summed E-state index contributed by atoms with van der Waals surface area (Å²) in [6.07, 6.45) is 2.11. The molecule has 0 aromatic rings. The molecule has 98 valence electrons. The highest BCUT2D eigenvalue weighted by atomic mass is 16.4. The van der Waals surface area contributed by atoms with Crippen LogP contribution in [0.15, 0.2) is 24.8 Å². The number of amides is 1. The first-order valence-electron chi connectivity index (χ1n) is 5.30. The third-order valence-electron chi connectivity index (χ3n) is 1.56. The molecule has 3 N–H and O–H groups in total. The average Bonchev–Trinajstić information content (AvgIpc) is 2.25. The maximum atomic E-state index is 10.4. The van der Waals surface area contributed by atoms with Crippen molar-refractivity contribution in [1.82, 2.24) is 5.32 Å². The maximum absolute atomic E-state index is 10.4. The van der Waals surface area contributed by atoms with Crippen molar-refractivity contribution >= 4 is 11.9 Å². The van der Waals surface area contributed by atoms with Gasteiger partial charge in [0.25, 0.3) is 0 Å². The summed E-state index contributed by atoms with van der Waals surface area (Å²) in [5, 5.41) is 19.1. The van der Waals surface area contributed by atoms with Gasteiger partial charge in [0.1, 0.15) is 0 Å². The Morgan fingerprint density at radius 1 is 1.41 bits per heavy atom. The van der Waals surface area contributed by atoms with E-state index in [1.54, 1.807) is 0 Å². The lowest BCUT2D eigenvalue weighted by atomic mass is 10.2. The summed E-state index contributed by atoms with van der Waals surface area (Å²) in [4.78, 5) is 20.4. The van der Waals surface area contributed by atoms with E-state index >= 15 is 0 Å². The van der Waals surface area contributed by atoms with Gasteiger partial charge in [-0.15, -0.1) is 0 Å². The maximum Gasteiger partial charge on any atom is 0.330 e. The molecular formula is C12H21NO4. The van der Waals surface area contributed by atoms with Crippen LogP contribution in [0.2, 0.25) is 0 Å². The van der Waals surface area contributed by atoms with Crippen molar-refractivity contribution in [3.05, 3.63) is 24.8 Å². The topological polar surface area (TPSA) is 86.6 Å². The number of hydrogen-bond acceptors (Lipinski definition) is 3. The summed E-state index contributed by atoms with van der Waals surface area (Å²) in [7, 11) is 0. The zero-order chi connectivity index (χ0) is 13.8. The second kappa shape index (κ2) is 10.9. The van der Waals surface area contributed by atoms with Gasteiger partial charge in [0, 0.05) is 18.2 Å². The first-order valence-corrected chi connectivity index (χ1v) is 5.30. The summed E-state index contributed by atoms with van der Waals surface area (Å²) in [5.74, 6) is -1.09. The van der Waals surface area contributed by atoms with E-state index in [4.69, 9.17) is 10.2 Å². The van der Waals surface area contributed by atoms with Gasteiger partial charge in [-0.3, -0.25) is 4.79 Å². The summed E-state index contributed by atoms with van der Waals surface area (Å²) in [5.41, 5.74) is 0.157. The quantitative estimate of drug-likeness (QED) is 0.610. The average molecular weight is 243 g/mol. The zero-order valence-electron chi connectivity index (χ0n) is 10.4. The van der Waals surface area contributed by atoms with Crippen molar-refractivity contribution in [3.63, 3.8) is 0 Å². The van der Waals surface area contributed by atoms with E-state index in [-0.39, 0.29) is 24.1 Å². The summed E-state index contributed by atoms with van der Waals surface area (Å²) >= 11 is 0. The Balaban J connectivity index is 0. The van der Waals surface area contributed by atoms with Gasteiger partial charge < -0.3 is 15.5 Å². The van der Waals surface area contributed by atoms with Crippen molar-refractivity contribution in [2.45, 2.75) is 32.7 Å². The SMILES string of the molecule is C=C(CCCO)C(=O)O.C=CC(=O)NC(C)C. The number of carboxylic acids is 1. The smallest absolute Gasteiger partial charge is 0.330 e. The van der Waals surface area contributed by atoms with Crippen LogP contribution in [0.3, 0.4) is 0 Å². The largest absolute Gasteiger partial charge is 0.478 e. The number of carbonyl (C=O) groups excluding carboxylic acids is 1. The molecule has 0 radical (unpaired) electrons. The molecular weight excluding hydrogens is 222 g/mol. The van der Waals surface area contributed by atoms with Crippen LogP contribution in [0.1, 0.15) is 26.7 Å². The van der Waals surface area contributed by atoms with Gasteiger partial charge in [-0.05, 0) is 32.8 Å². The van der Waals surface area contributed by atoms with E-state index < -0.39 is 5.97 Å². The molecule has 0 rings (SSSR count). The van der Waals surface area contributed by atoms with Crippen molar-refractivity contribution in [2.24, 2.45) is 0 Å². The van der Waals surface area contributed by atoms with Gasteiger partial charge in [-0.25, -0.2) is 4.79 Å². The molecule has 0 spiro atoms. The zero-order valence-corrected chi connectivity index (χ0v) is 10.4. The van der Waals surface area contributed by atoms with Gasteiger partial charge >= 0.3 is 5.97 Å². The lowest BCUT2D eigenvalue weighted by Crippen LogP contribution is -2.27. The second-order valence-corrected chi connectivity index (χ2v) is 3.60. The Labute approximate surface area is 102 Å². The molecule has 0 atom stereocenters. The van der Waals surface area contributed by atoms with E-state index in [0.29, 0.717) is 12.8 Å². The van der Waals surface area contributed by atoms with E-state index in [1.165, 1.54) is 6.08 Å². The fraction of sp³-hybridized carbons (Fsp3) is 0.500. The molecule has 0 aromatic heterocycles. The normalized spacial score (nSPS) is 8.94. The molecule has 0 fully saturated rings. The number of hydrogen-bond donors (Lipinski definition) is 3. The van der Waals surface area contributed by atoms with Gasteiger partial charge in [0.05, 0.1) is 0 Å². The highest BCUT2D eigenvalue weighted by Gasteiger charge is 2.01. The monoisotopic (exact) mass is 243 g/mol. The number of nitrogens with one attached hydrogen (secondary N) is 1. The molecule has 5 heteroatoms. The van der Waals surface area contributed by atoms with E-state index in [2.05, 4.69) is 18.5 Å². The lowest BCUT2D eigenvalue weighted by molar-refractivity contribution is -0.132. The van der Waals surface area contributed by atoms with Crippen LogP contribution in [-0.4, -0.2) is 34.7 Å². The molecule has 5 nitrogen and oxygen atoms in total. The first-order chi connectivity index (χ1) is 7.84. The highest BCUT2D eigenvalue weighted by Crippen LogP contribution is 2.00. The fourth-order valence-electron chi connectivity index (χ4n) is 0.743. The minimum Gasteiger partial charge on any atom is -0.478 e. The van der Waals surface area contributed by atoms with Crippen molar-refractivity contribution < 1.29 is 19.8 Å². The van der Waals surface area contributed by atoms with Crippen molar-refractivity contribution in [1.29, 1.82) is 0 Å². The van der Waals surface area contributed by atoms with Gasteiger partial charge in [0.15, 0.2) is 0 Å². The number of carbonyl (C=O) groups is 2. The standard InChI is InChI=1S/C6H11NO.C6H10O3/c1-4-6(8)7-5(2)3;1-5(6(8)9)3-2-4-7/h4-5H,1H2,2-3H3,(H,7,8);7H,1-4H2,(H,8,9). The third-order valence-corrected chi connectivity index (χ3v) is 1.56. The first kappa shape index (κ1) is 17.8. The van der Waals surface area contributed by atoms with Crippen LogP contribution < -0.4 is 5.32 Å². The second-order valence-electron chi connectivity index (χ2n) is 3.60. The summed E-state index contributed by atoms with van der Waals surface area (Å²) < 4.78 is 0. The van der Waals surface area contributed by atoms with Crippen LogP contribution in [0.5, 0.6) is 0 Å². The van der Waals surface area contributed by atoms with E-state index in [0.717, 1.165) is 0 Å². The number of aliphatic hydroxyl groups is 1. The lowest BCUT2D eigenvalue weighted by Gasteiger charge is -2.02. The molecule has 0 aromatic carbocycles. The van der Waals surface area contributed by atoms with E-state index in [9.17, 15) is 9.59 Å². The fourth-order valence-corrected chi connectivity index (χ4v) is 0.743. The Kier molecular flexibility index (Phi) is 11.4. The van der Waals surface area contributed by atoms with Crippen LogP contribution in [-0.2, 0) is 9.59 Å². The number of aliphatic hydroxyl groups excluding tert-OH is 1. The molecule has 0 saturated carbocycles. The third kappa shape index (κ3) is 14.4. The molecule has 0 aliphatic rings. The predicted octanol–water partition coefficient (Wildman–Crippen LogP) is 1.10. The molecule has 1 amide bonds. The Morgan fingerprint density at radius 3 is 2.18 bits per heavy atom. The molecule has 0 saturated heterocycles. The van der Waals surface area contributed by atoms with Gasteiger partial charge in [0.2, 0.25) is 5.91 Å². The number of carboxylic acid groups (broad SMARTS) is 1. The van der Waals surface area contributed by atoms with Crippen molar-refractivity contribution in [3.8, 4) is 0 Å². The summed E-state index contributed by atoms with van der Waals surface area (Å²) in [6.45, 7) is 10.4. The highest BCUT2D eigenvalue weighted by molar-refractivity contribution is 5.87. The number of aliphatic carboxylic acids is 1. The minimum atomic E-state index is -0.983. The van der Waals surface area contributed by atoms with Crippen LogP contribution >= 0.6 is 0 Å². The molecule has 0 unspecified atom stereocenters.